The van der Waals surface area contributed by atoms with E-state index in [-0.39, 0.29) is 48.5 Å². The van der Waals surface area contributed by atoms with Crippen LogP contribution in [0.25, 0.3) is 0 Å². The zero-order valence-electron chi connectivity index (χ0n) is 32.4. The normalized spacial score (nSPS) is 20.3. The molecule has 4 amide bonds. The lowest BCUT2D eigenvalue weighted by Crippen LogP contribution is -2.49. The van der Waals surface area contributed by atoms with E-state index >= 15 is 8.78 Å². The first-order valence-corrected chi connectivity index (χ1v) is 19.3. The van der Waals surface area contributed by atoms with Gasteiger partial charge in [-0.3, -0.25) is 39.2 Å². The molecule has 59 heavy (non-hydrogen) atoms. The number of carbonyl (C=O) groups is 4. The number of rotatable bonds is 12. The Morgan fingerprint density at radius 1 is 0.949 bits per heavy atom. The number of benzene rings is 3. The molecule has 0 saturated carbocycles. The number of hydrogen-bond acceptors (Lipinski definition) is 11. The number of nitrogens with zero attached hydrogens (tertiary/aromatic N) is 5. The fraction of sp³-hybridized carbons (Fsp3) is 0.425. The van der Waals surface area contributed by atoms with Gasteiger partial charge in [-0.2, -0.15) is 18.4 Å². The Morgan fingerprint density at radius 2 is 1.61 bits per heavy atom. The number of halogens is 5. The monoisotopic (exact) mass is 842 g/mol. The molecule has 0 aromatic heterocycles. The van der Waals surface area contributed by atoms with Gasteiger partial charge < -0.3 is 20.3 Å². The van der Waals surface area contributed by atoms with Gasteiger partial charge in [0.25, 0.3) is 11.8 Å². The minimum atomic E-state index is -4.87. The highest BCUT2D eigenvalue weighted by Crippen LogP contribution is 2.45. The van der Waals surface area contributed by atoms with Gasteiger partial charge in [-0.15, -0.1) is 12.6 Å². The summed E-state index contributed by atoms with van der Waals surface area (Å²) in [4.78, 5) is 56.6. The molecule has 19 heteroatoms. The Labute approximate surface area is 342 Å². The number of piperazine rings is 1. The number of carbonyl (C=O) groups excluding carboxylic acids is 4. The van der Waals surface area contributed by atoms with Crippen molar-refractivity contribution >= 4 is 59.0 Å². The molecule has 2 atom stereocenters. The SMILES string of the molecule is CC(F)(F)c1cc(N2C(S)N(c3ccc(C#N)c(C(F)(F)F)c3)C(=O)C2(C)C)ccc1OCCN1CCN(CC(=O)Nc2cccc(NC3CCC(=O)NC3=O)c2)CC1. The summed E-state index contributed by atoms with van der Waals surface area (Å²) in [6, 6.07) is 14.8. The molecule has 314 valence electrons. The minimum Gasteiger partial charge on any atom is -0.492 e. The van der Waals surface area contributed by atoms with Crippen LogP contribution in [0.4, 0.5) is 44.7 Å². The molecular formula is C40H43F5N8O5S. The summed E-state index contributed by atoms with van der Waals surface area (Å²) in [7, 11) is 0. The first-order valence-electron chi connectivity index (χ1n) is 18.8. The van der Waals surface area contributed by atoms with Crippen LogP contribution >= 0.6 is 12.6 Å². The van der Waals surface area contributed by atoms with Crippen LogP contribution in [-0.4, -0.2) is 96.4 Å². The molecule has 6 rings (SSSR count). The Morgan fingerprint density at radius 3 is 2.27 bits per heavy atom. The summed E-state index contributed by atoms with van der Waals surface area (Å²) in [5.41, 5.74) is -3.74. The van der Waals surface area contributed by atoms with E-state index in [2.05, 4.69) is 33.5 Å². The van der Waals surface area contributed by atoms with Crippen LogP contribution in [0, 0.1) is 11.3 Å². The van der Waals surface area contributed by atoms with E-state index in [1.807, 2.05) is 4.90 Å². The van der Waals surface area contributed by atoms with E-state index in [4.69, 9.17) is 4.74 Å². The molecule has 0 aliphatic carbocycles. The van der Waals surface area contributed by atoms with Crippen LogP contribution in [0.3, 0.4) is 0 Å². The molecule has 3 N–H and O–H groups in total. The van der Waals surface area contributed by atoms with Gasteiger partial charge in [-0.1, -0.05) is 6.07 Å². The van der Waals surface area contributed by atoms with Crippen LogP contribution < -0.4 is 30.5 Å². The Balaban J connectivity index is 1.03. The highest BCUT2D eigenvalue weighted by atomic mass is 32.1. The molecule has 2 unspecified atom stereocenters. The highest BCUT2D eigenvalue weighted by molar-refractivity contribution is 7.81. The predicted octanol–water partition coefficient (Wildman–Crippen LogP) is 5.39. The number of imide groups is 1. The summed E-state index contributed by atoms with van der Waals surface area (Å²) in [6.45, 7) is 6.70. The summed E-state index contributed by atoms with van der Waals surface area (Å²) < 4.78 is 77.4. The Kier molecular flexibility index (Phi) is 12.5. The topological polar surface area (TPSA) is 150 Å². The average molecular weight is 843 g/mol. The maximum absolute atomic E-state index is 15.1. The molecule has 3 aliphatic heterocycles. The first kappa shape index (κ1) is 43.1. The first-order chi connectivity index (χ1) is 27.8. The number of ether oxygens (including phenoxy) is 1. The van der Waals surface area contributed by atoms with Crippen molar-refractivity contribution in [2.45, 2.75) is 62.8 Å². The van der Waals surface area contributed by atoms with Crippen LogP contribution in [-0.2, 0) is 31.3 Å². The van der Waals surface area contributed by atoms with Gasteiger partial charge in [0, 0.05) is 68.8 Å². The highest BCUT2D eigenvalue weighted by Gasteiger charge is 2.52. The van der Waals surface area contributed by atoms with Gasteiger partial charge in [0.15, 0.2) is 5.50 Å². The predicted molar refractivity (Wildman–Crippen MR) is 212 cm³/mol. The second-order valence-electron chi connectivity index (χ2n) is 15.1. The summed E-state index contributed by atoms with van der Waals surface area (Å²) in [5, 5.41) is 17.5. The van der Waals surface area contributed by atoms with Crippen molar-refractivity contribution in [1.82, 2.24) is 15.1 Å². The second-order valence-corrected chi connectivity index (χ2v) is 15.6. The van der Waals surface area contributed by atoms with E-state index in [1.54, 1.807) is 24.3 Å². The van der Waals surface area contributed by atoms with Gasteiger partial charge in [0.2, 0.25) is 17.7 Å². The third-order valence-corrected chi connectivity index (χ3v) is 10.9. The van der Waals surface area contributed by atoms with E-state index in [9.17, 15) is 37.6 Å². The number of hydrogen-bond donors (Lipinski definition) is 4. The molecule has 0 spiro atoms. The Bertz CT molecular complexity index is 2150. The van der Waals surface area contributed by atoms with Crippen molar-refractivity contribution in [3.05, 3.63) is 77.4 Å². The quantitative estimate of drug-likeness (QED) is 0.106. The van der Waals surface area contributed by atoms with Gasteiger partial charge in [0.05, 0.1) is 29.3 Å². The largest absolute Gasteiger partial charge is 0.492 e. The third-order valence-electron chi connectivity index (χ3n) is 10.5. The number of nitrogens with one attached hydrogen (secondary N) is 3. The van der Waals surface area contributed by atoms with E-state index in [0.29, 0.717) is 63.5 Å². The van der Waals surface area contributed by atoms with Gasteiger partial charge >= 0.3 is 6.18 Å². The van der Waals surface area contributed by atoms with Crippen molar-refractivity contribution in [3.8, 4) is 11.8 Å². The second kappa shape index (κ2) is 17.0. The number of nitriles is 1. The number of amides is 4. The van der Waals surface area contributed by atoms with Gasteiger partial charge in [-0.05, 0) is 74.9 Å². The maximum atomic E-state index is 15.1. The fourth-order valence-corrected chi connectivity index (χ4v) is 8.00. The average Bonchev–Trinajstić information content (AvgIpc) is 3.34. The number of alkyl halides is 5. The maximum Gasteiger partial charge on any atom is 0.417 e. The molecule has 3 fully saturated rings. The zero-order chi connectivity index (χ0) is 42.9. The molecular weight excluding hydrogens is 800 g/mol. The van der Waals surface area contributed by atoms with Crippen molar-refractivity contribution in [2.75, 3.05) is 66.3 Å². The Hall–Kier alpha value is -5.45. The molecule has 0 bridgehead atoms. The molecule has 3 aromatic rings. The van der Waals surface area contributed by atoms with Crippen molar-refractivity contribution in [3.63, 3.8) is 0 Å². The number of piperidine rings is 1. The third kappa shape index (κ3) is 9.72. The van der Waals surface area contributed by atoms with Crippen LogP contribution in [0.1, 0.15) is 50.3 Å². The lowest BCUT2D eigenvalue weighted by atomic mass is 10.0. The fourth-order valence-electron chi connectivity index (χ4n) is 7.34. The zero-order valence-corrected chi connectivity index (χ0v) is 33.3. The molecule has 3 aromatic carbocycles. The number of anilines is 4. The summed E-state index contributed by atoms with van der Waals surface area (Å²) in [6.07, 6.45) is -4.26. The molecule has 3 heterocycles. The molecule has 0 radical (unpaired) electrons. The van der Waals surface area contributed by atoms with E-state index < -0.39 is 57.7 Å². The summed E-state index contributed by atoms with van der Waals surface area (Å²) >= 11 is 4.57. The van der Waals surface area contributed by atoms with Crippen LogP contribution in [0.2, 0.25) is 0 Å². The lowest BCUT2D eigenvalue weighted by Gasteiger charge is -2.35. The van der Waals surface area contributed by atoms with E-state index in [1.165, 1.54) is 49.1 Å². The number of thiol groups is 1. The standard InChI is InChI=1S/C40H43F5N8O5S/c1-38(2)36(57)52(27-8-7-24(22-46)29(20-27)40(43,44)45)37(59)53(38)28-9-11-32(30(21-28)39(3,41)42)58-18-17-50-13-15-51(16-14-50)23-34(55)48-26-6-4-5-25(19-26)47-31-10-12-33(54)49-35(31)56/h4-9,11,19-21,31,37,47,59H,10,12-18,23H2,1-3H3,(H,48,55)(H,49,54,56). The van der Waals surface area contributed by atoms with Crippen molar-refractivity contribution in [1.29, 1.82) is 5.26 Å². The van der Waals surface area contributed by atoms with Gasteiger partial charge in [0.1, 0.15) is 23.9 Å². The lowest BCUT2D eigenvalue weighted by molar-refractivity contribution is -0.138. The van der Waals surface area contributed by atoms with Crippen LogP contribution in [0.15, 0.2) is 60.7 Å². The van der Waals surface area contributed by atoms with Gasteiger partial charge in [-0.25, -0.2) is 8.78 Å². The van der Waals surface area contributed by atoms with E-state index in [0.717, 1.165) is 11.0 Å². The molecule has 13 nitrogen and oxygen atoms in total. The molecule has 3 aliphatic rings. The van der Waals surface area contributed by atoms with Crippen molar-refractivity contribution in [2.24, 2.45) is 0 Å². The van der Waals surface area contributed by atoms with Crippen molar-refractivity contribution < 1.29 is 45.9 Å². The molecule has 3 saturated heterocycles. The minimum absolute atomic E-state index is 0.0724. The smallest absolute Gasteiger partial charge is 0.417 e. The summed E-state index contributed by atoms with van der Waals surface area (Å²) in [5.74, 6) is -5.01. The van der Waals surface area contributed by atoms with Crippen LogP contribution in [0.5, 0.6) is 5.75 Å².